The van der Waals surface area contributed by atoms with Crippen molar-refractivity contribution in [1.29, 1.82) is 5.26 Å². The van der Waals surface area contributed by atoms with Crippen LogP contribution >= 0.6 is 15.9 Å². The maximum absolute atomic E-state index is 12.4. The smallest absolute Gasteiger partial charge is 0.195 e. The van der Waals surface area contributed by atoms with E-state index in [1.807, 2.05) is 48.5 Å². The van der Waals surface area contributed by atoms with Gasteiger partial charge in [0.15, 0.2) is 10.1 Å². The number of rotatable bonds is 4. The summed E-state index contributed by atoms with van der Waals surface area (Å²) in [4.78, 5) is 12.4. The Morgan fingerprint density at radius 2 is 1.58 bits per heavy atom. The van der Waals surface area contributed by atoms with Crippen molar-refractivity contribution >= 4 is 21.7 Å². The Morgan fingerprint density at radius 1 is 1.05 bits per heavy atom. The molecule has 0 N–H and O–H groups in total. The molecule has 0 saturated heterocycles. The fraction of sp³-hybridized carbons (Fsp3) is 0.125. The Labute approximate surface area is 120 Å². The van der Waals surface area contributed by atoms with Gasteiger partial charge in [0, 0.05) is 6.42 Å². The van der Waals surface area contributed by atoms with E-state index in [-0.39, 0.29) is 12.2 Å². The quantitative estimate of drug-likeness (QED) is 0.809. The number of nitriles is 1. The zero-order chi connectivity index (χ0) is 13.7. The summed E-state index contributed by atoms with van der Waals surface area (Å²) in [6, 6.07) is 20.6. The van der Waals surface area contributed by atoms with Gasteiger partial charge in [0.2, 0.25) is 0 Å². The number of nitrogens with zero attached hydrogens (tertiary/aromatic N) is 1. The lowest BCUT2D eigenvalue weighted by Gasteiger charge is -2.18. The second-order valence-corrected chi connectivity index (χ2v) is 5.41. The van der Waals surface area contributed by atoms with Gasteiger partial charge in [0.25, 0.3) is 0 Å². The van der Waals surface area contributed by atoms with Crippen LogP contribution in [0.25, 0.3) is 0 Å². The Hall–Kier alpha value is -1.92. The number of hydrogen-bond donors (Lipinski definition) is 0. The van der Waals surface area contributed by atoms with Crippen molar-refractivity contribution in [2.75, 3.05) is 0 Å². The van der Waals surface area contributed by atoms with Crippen molar-refractivity contribution in [2.45, 2.75) is 10.7 Å². The second-order valence-electron chi connectivity index (χ2n) is 4.22. The lowest BCUT2D eigenvalue weighted by atomic mass is 9.92. The molecule has 2 aromatic carbocycles. The molecule has 0 bridgehead atoms. The molecule has 2 aromatic rings. The van der Waals surface area contributed by atoms with Crippen molar-refractivity contribution < 1.29 is 4.79 Å². The normalized spacial score (nSPS) is 13.3. The van der Waals surface area contributed by atoms with Crippen molar-refractivity contribution in [3.63, 3.8) is 0 Å². The number of hydrogen-bond acceptors (Lipinski definition) is 2. The molecule has 0 aliphatic carbocycles. The van der Waals surface area contributed by atoms with Gasteiger partial charge in [-0.2, -0.15) is 5.26 Å². The van der Waals surface area contributed by atoms with Gasteiger partial charge < -0.3 is 0 Å². The minimum atomic E-state index is -1.27. The first-order chi connectivity index (χ1) is 9.16. The van der Waals surface area contributed by atoms with Crippen LogP contribution in [0.5, 0.6) is 0 Å². The topological polar surface area (TPSA) is 40.9 Å². The first kappa shape index (κ1) is 13.5. The molecular formula is C16H12BrNO. The first-order valence-electron chi connectivity index (χ1n) is 5.90. The van der Waals surface area contributed by atoms with E-state index in [4.69, 9.17) is 0 Å². The van der Waals surface area contributed by atoms with E-state index in [1.54, 1.807) is 12.1 Å². The highest BCUT2D eigenvalue weighted by molar-refractivity contribution is 9.10. The molecule has 94 valence electrons. The number of carbonyl (C=O) groups excluding carboxylic acids is 1. The molecule has 2 nitrogen and oxygen atoms in total. The van der Waals surface area contributed by atoms with Crippen molar-refractivity contribution in [2.24, 2.45) is 0 Å². The summed E-state index contributed by atoms with van der Waals surface area (Å²) in [5.41, 5.74) is 1.57. The molecule has 0 aliphatic heterocycles. The zero-order valence-electron chi connectivity index (χ0n) is 10.2. The van der Waals surface area contributed by atoms with E-state index in [9.17, 15) is 10.1 Å². The summed E-state index contributed by atoms with van der Waals surface area (Å²) < 4.78 is -1.27. The molecule has 0 saturated carbocycles. The Balaban J connectivity index is 2.28. The minimum Gasteiger partial charge on any atom is -0.296 e. The van der Waals surface area contributed by atoms with Gasteiger partial charge in [-0.05, 0) is 11.1 Å². The second kappa shape index (κ2) is 5.81. The number of benzene rings is 2. The van der Waals surface area contributed by atoms with Crippen LogP contribution in [0.2, 0.25) is 0 Å². The van der Waals surface area contributed by atoms with E-state index in [1.165, 1.54) is 0 Å². The molecule has 1 atom stereocenters. The van der Waals surface area contributed by atoms with E-state index >= 15 is 0 Å². The molecule has 0 spiro atoms. The monoisotopic (exact) mass is 313 g/mol. The van der Waals surface area contributed by atoms with Crippen LogP contribution in [0, 0.1) is 11.3 Å². The highest BCUT2D eigenvalue weighted by Gasteiger charge is 2.37. The summed E-state index contributed by atoms with van der Waals surface area (Å²) in [6.07, 6.45) is 0.231. The molecule has 0 aromatic heterocycles. The molecule has 0 fully saturated rings. The average Bonchev–Trinajstić information content (AvgIpc) is 2.48. The van der Waals surface area contributed by atoms with Crippen LogP contribution in [0.1, 0.15) is 11.1 Å². The molecule has 3 heteroatoms. The predicted molar refractivity (Wildman–Crippen MR) is 77.8 cm³/mol. The fourth-order valence-corrected chi connectivity index (χ4v) is 2.26. The van der Waals surface area contributed by atoms with E-state index in [0.717, 1.165) is 5.56 Å². The van der Waals surface area contributed by atoms with Gasteiger partial charge in [-0.3, -0.25) is 4.79 Å². The minimum absolute atomic E-state index is 0.160. The van der Waals surface area contributed by atoms with Crippen LogP contribution in [0.3, 0.4) is 0 Å². The summed E-state index contributed by atoms with van der Waals surface area (Å²) in [5.74, 6) is -0.160. The third kappa shape index (κ3) is 2.91. The molecule has 19 heavy (non-hydrogen) atoms. The fourth-order valence-electron chi connectivity index (χ4n) is 1.86. The molecule has 0 radical (unpaired) electrons. The van der Waals surface area contributed by atoms with E-state index in [2.05, 4.69) is 22.0 Å². The Bertz CT molecular complexity index is 604. The molecule has 0 aliphatic rings. The van der Waals surface area contributed by atoms with Gasteiger partial charge in [0.05, 0.1) is 6.07 Å². The van der Waals surface area contributed by atoms with Crippen LogP contribution < -0.4 is 0 Å². The maximum Gasteiger partial charge on any atom is 0.195 e. The van der Waals surface area contributed by atoms with Crippen LogP contribution in [-0.2, 0) is 15.5 Å². The molecular weight excluding hydrogens is 302 g/mol. The van der Waals surface area contributed by atoms with Gasteiger partial charge in [0.1, 0.15) is 0 Å². The van der Waals surface area contributed by atoms with Crippen LogP contribution in [0.15, 0.2) is 60.7 Å². The Morgan fingerprint density at radius 3 is 2.11 bits per heavy atom. The van der Waals surface area contributed by atoms with Crippen LogP contribution in [0.4, 0.5) is 0 Å². The largest absolute Gasteiger partial charge is 0.296 e. The third-order valence-corrected chi connectivity index (χ3v) is 3.99. The highest BCUT2D eigenvalue weighted by atomic mass is 79.9. The molecule has 0 amide bonds. The van der Waals surface area contributed by atoms with Gasteiger partial charge in [-0.15, -0.1) is 0 Å². The third-order valence-electron chi connectivity index (χ3n) is 2.92. The lowest BCUT2D eigenvalue weighted by molar-refractivity contribution is -0.119. The number of halogens is 1. The predicted octanol–water partition coefficient (Wildman–Crippen LogP) is 3.61. The summed E-state index contributed by atoms with van der Waals surface area (Å²) in [7, 11) is 0. The van der Waals surface area contributed by atoms with Crippen molar-refractivity contribution in [1.82, 2.24) is 0 Å². The van der Waals surface area contributed by atoms with Crippen LogP contribution in [-0.4, -0.2) is 5.78 Å². The molecule has 1 unspecified atom stereocenters. The van der Waals surface area contributed by atoms with Crippen molar-refractivity contribution in [3.8, 4) is 6.07 Å². The maximum atomic E-state index is 12.4. The lowest BCUT2D eigenvalue weighted by Crippen LogP contribution is -2.29. The van der Waals surface area contributed by atoms with E-state index < -0.39 is 4.32 Å². The van der Waals surface area contributed by atoms with Gasteiger partial charge >= 0.3 is 0 Å². The zero-order valence-corrected chi connectivity index (χ0v) is 11.8. The molecule has 2 rings (SSSR count). The summed E-state index contributed by atoms with van der Waals surface area (Å²) in [5, 5.41) is 9.37. The standard InChI is InChI=1S/C16H12BrNO/c17-16(12-18,14-9-5-2-6-10-14)15(19)11-13-7-3-1-4-8-13/h1-10H,11H2. The number of alkyl halides is 1. The van der Waals surface area contributed by atoms with Crippen molar-refractivity contribution in [3.05, 3.63) is 71.8 Å². The summed E-state index contributed by atoms with van der Waals surface area (Å²) in [6.45, 7) is 0. The van der Waals surface area contributed by atoms with Gasteiger partial charge in [-0.1, -0.05) is 76.6 Å². The SMILES string of the molecule is N#CC(Br)(C(=O)Cc1ccccc1)c1ccccc1. The Kier molecular flexibility index (Phi) is 4.13. The van der Waals surface area contributed by atoms with E-state index in [0.29, 0.717) is 5.56 Å². The summed E-state index contributed by atoms with van der Waals surface area (Å²) >= 11 is 3.30. The first-order valence-corrected chi connectivity index (χ1v) is 6.69. The number of carbonyl (C=O) groups is 1. The highest BCUT2D eigenvalue weighted by Crippen LogP contribution is 2.32. The van der Waals surface area contributed by atoms with Gasteiger partial charge in [-0.25, -0.2) is 0 Å². The number of Topliss-reactive ketones (excluding diaryl/α,β-unsaturated/α-hetero) is 1. The molecule has 0 heterocycles. The average molecular weight is 314 g/mol. The number of ketones is 1.